The highest BCUT2D eigenvalue weighted by Gasteiger charge is 2.32. The lowest BCUT2D eigenvalue weighted by atomic mass is 10.1. The predicted octanol–water partition coefficient (Wildman–Crippen LogP) is 2.26. The molecule has 1 unspecified atom stereocenters. The Kier molecular flexibility index (Phi) is 4.15. The third kappa shape index (κ3) is 3.61. The van der Waals surface area contributed by atoms with Crippen molar-refractivity contribution in [3.63, 3.8) is 0 Å². The lowest BCUT2D eigenvalue weighted by Gasteiger charge is -2.22. The topological polar surface area (TPSA) is 53.4 Å². The quantitative estimate of drug-likeness (QED) is 0.904. The first-order valence-electron chi connectivity index (χ1n) is 5.19. The molecular weight excluding hydrogens is 249 g/mol. The second-order valence-electron chi connectivity index (χ2n) is 4.02. The van der Waals surface area contributed by atoms with Crippen molar-refractivity contribution in [2.75, 3.05) is 18.5 Å². The summed E-state index contributed by atoms with van der Waals surface area (Å²) in [4.78, 5) is 15.4. The molecule has 0 radical (unpaired) electrons. The van der Waals surface area contributed by atoms with Gasteiger partial charge in [0.25, 0.3) is 0 Å². The number of nitrogens with zero attached hydrogens (tertiary/aromatic N) is 2. The Labute approximate surface area is 102 Å². The number of anilines is 1. The summed E-state index contributed by atoms with van der Waals surface area (Å²) in [6, 6.07) is 2.30. The van der Waals surface area contributed by atoms with E-state index < -0.39 is 23.8 Å². The van der Waals surface area contributed by atoms with Gasteiger partial charge in [-0.25, -0.2) is 0 Å². The fraction of sp³-hybridized carbons (Fsp3) is 0.455. The van der Waals surface area contributed by atoms with Gasteiger partial charge >= 0.3 is 12.1 Å². The maximum Gasteiger partial charge on any atom is 0.433 e. The van der Waals surface area contributed by atoms with Crippen molar-refractivity contribution < 1.29 is 23.1 Å². The molecule has 1 aromatic rings. The Morgan fingerprint density at radius 2 is 2.17 bits per heavy atom. The third-order valence-corrected chi connectivity index (χ3v) is 2.44. The molecule has 0 amide bonds. The Morgan fingerprint density at radius 3 is 2.67 bits per heavy atom. The zero-order valence-electron chi connectivity index (χ0n) is 9.90. The van der Waals surface area contributed by atoms with Crippen LogP contribution in [0.5, 0.6) is 0 Å². The molecule has 18 heavy (non-hydrogen) atoms. The molecule has 0 saturated heterocycles. The minimum Gasteiger partial charge on any atom is -0.481 e. The molecule has 1 N–H and O–H groups in total. The summed E-state index contributed by atoms with van der Waals surface area (Å²) < 4.78 is 37.3. The summed E-state index contributed by atoms with van der Waals surface area (Å²) >= 11 is 0. The molecule has 100 valence electrons. The monoisotopic (exact) mass is 262 g/mol. The Balaban J connectivity index is 2.87. The molecule has 1 rings (SSSR count). The molecule has 1 heterocycles. The van der Waals surface area contributed by atoms with Crippen LogP contribution in [0.4, 0.5) is 18.9 Å². The van der Waals surface area contributed by atoms with E-state index in [-0.39, 0.29) is 12.2 Å². The van der Waals surface area contributed by atoms with E-state index in [0.717, 1.165) is 12.3 Å². The number of carboxylic acid groups (broad SMARTS) is 1. The molecule has 0 aliphatic carbocycles. The number of carboxylic acids is 1. The van der Waals surface area contributed by atoms with E-state index >= 15 is 0 Å². The van der Waals surface area contributed by atoms with Crippen LogP contribution in [0.15, 0.2) is 18.3 Å². The van der Waals surface area contributed by atoms with E-state index in [1.54, 1.807) is 0 Å². The number of pyridine rings is 1. The van der Waals surface area contributed by atoms with Gasteiger partial charge in [-0.1, -0.05) is 6.92 Å². The molecule has 4 nitrogen and oxygen atoms in total. The Morgan fingerprint density at radius 1 is 1.56 bits per heavy atom. The van der Waals surface area contributed by atoms with E-state index in [1.165, 1.54) is 24.9 Å². The molecular formula is C11H13F3N2O2. The molecule has 1 aromatic heterocycles. The van der Waals surface area contributed by atoms with Gasteiger partial charge < -0.3 is 10.0 Å². The minimum absolute atomic E-state index is 0.122. The number of aromatic nitrogens is 1. The SMILES string of the molecule is CC(CN(C)c1ccnc(C(F)(F)F)c1)C(=O)O. The lowest BCUT2D eigenvalue weighted by molar-refractivity contribution is -0.142. The molecule has 0 bridgehead atoms. The lowest BCUT2D eigenvalue weighted by Crippen LogP contribution is -2.28. The summed E-state index contributed by atoms with van der Waals surface area (Å²) in [5, 5.41) is 8.74. The van der Waals surface area contributed by atoms with Gasteiger partial charge in [-0.05, 0) is 12.1 Å². The van der Waals surface area contributed by atoms with Crippen LogP contribution < -0.4 is 4.90 Å². The first-order chi connectivity index (χ1) is 8.21. The number of alkyl halides is 3. The van der Waals surface area contributed by atoms with Gasteiger partial charge in [0, 0.05) is 25.5 Å². The predicted molar refractivity (Wildman–Crippen MR) is 59.3 cm³/mol. The maximum absolute atomic E-state index is 12.4. The van der Waals surface area contributed by atoms with E-state index in [2.05, 4.69) is 4.98 Å². The number of aliphatic carboxylic acids is 1. The van der Waals surface area contributed by atoms with E-state index in [0.29, 0.717) is 0 Å². The van der Waals surface area contributed by atoms with Crippen LogP contribution in [0.2, 0.25) is 0 Å². The number of halogens is 3. The van der Waals surface area contributed by atoms with Crippen molar-refractivity contribution >= 4 is 11.7 Å². The van der Waals surface area contributed by atoms with Gasteiger partial charge in [-0.3, -0.25) is 9.78 Å². The van der Waals surface area contributed by atoms with Gasteiger partial charge in [0.2, 0.25) is 0 Å². The molecule has 7 heteroatoms. The smallest absolute Gasteiger partial charge is 0.433 e. The summed E-state index contributed by atoms with van der Waals surface area (Å²) in [5.74, 6) is -1.66. The van der Waals surface area contributed by atoms with Crippen molar-refractivity contribution in [1.82, 2.24) is 4.98 Å². The number of rotatable bonds is 4. The summed E-state index contributed by atoms with van der Waals surface area (Å²) in [5.41, 5.74) is -0.708. The fourth-order valence-electron chi connectivity index (χ4n) is 1.41. The summed E-state index contributed by atoms with van der Waals surface area (Å²) in [6.45, 7) is 1.61. The van der Waals surface area contributed by atoms with Gasteiger partial charge in [-0.15, -0.1) is 0 Å². The van der Waals surface area contributed by atoms with E-state index in [4.69, 9.17) is 5.11 Å². The van der Waals surface area contributed by atoms with Crippen LogP contribution in [0.25, 0.3) is 0 Å². The molecule has 0 fully saturated rings. The zero-order chi connectivity index (χ0) is 13.9. The Hall–Kier alpha value is -1.79. The standard InChI is InChI=1S/C11H13F3N2O2/c1-7(10(17)18)6-16(2)8-3-4-15-9(5-8)11(12,13)14/h3-5,7H,6H2,1-2H3,(H,17,18). The molecule has 1 atom stereocenters. The molecule has 0 aliphatic rings. The zero-order valence-corrected chi connectivity index (χ0v) is 9.90. The first kappa shape index (κ1) is 14.3. The van der Waals surface area contributed by atoms with Gasteiger partial charge in [0.05, 0.1) is 5.92 Å². The maximum atomic E-state index is 12.4. The van der Waals surface area contributed by atoms with Crippen molar-refractivity contribution in [2.45, 2.75) is 13.1 Å². The average Bonchev–Trinajstić information content (AvgIpc) is 2.27. The van der Waals surface area contributed by atoms with Crippen LogP contribution in [0.3, 0.4) is 0 Å². The van der Waals surface area contributed by atoms with Crippen LogP contribution in [-0.2, 0) is 11.0 Å². The van der Waals surface area contributed by atoms with Gasteiger partial charge in [0.15, 0.2) is 0 Å². The average molecular weight is 262 g/mol. The van der Waals surface area contributed by atoms with Crippen LogP contribution >= 0.6 is 0 Å². The first-order valence-corrected chi connectivity index (χ1v) is 5.19. The molecule has 0 aliphatic heterocycles. The Bertz CT molecular complexity index is 435. The molecule has 0 saturated carbocycles. The van der Waals surface area contributed by atoms with Crippen molar-refractivity contribution in [1.29, 1.82) is 0 Å². The van der Waals surface area contributed by atoms with Crippen LogP contribution in [0.1, 0.15) is 12.6 Å². The minimum atomic E-state index is -4.50. The number of hydrogen-bond donors (Lipinski definition) is 1. The highest BCUT2D eigenvalue weighted by molar-refractivity contribution is 5.70. The van der Waals surface area contributed by atoms with E-state index in [9.17, 15) is 18.0 Å². The molecule has 0 spiro atoms. The number of hydrogen-bond acceptors (Lipinski definition) is 3. The van der Waals surface area contributed by atoms with Crippen LogP contribution in [0, 0.1) is 5.92 Å². The van der Waals surface area contributed by atoms with Crippen molar-refractivity contribution in [2.24, 2.45) is 5.92 Å². The van der Waals surface area contributed by atoms with Crippen molar-refractivity contribution in [3.8, 4) is 0 Å². The van der Waals surface area contributed by atoms with Crippen LogP contribution in [-0.4, -0.2) is 29.7 Å². The largest absolute Gasteiger partial charge is 0.481 e. The number of carbonyl (C=O) groups is 1. The summed E-state index contributed by atoms with van der Waals surface area (Å²) in [7, 11) is 1.54. The second-order valence-corrected chi connectivity index (χ2v) is 4.02. The highest BCUT2D eigenvalue weighted by Crippen LogP contribution is 2.29. The van der Waals surface area contributed by atoms with Crippen molar-refractivity contribution in [3.05, 3.63) is 24.0 Å². The van der Waals surface area contributed by atoms with Gasteiger partial charge in [0.1, 0.15) is 5.69 Å². The highest BCUT2D eigenvalue weighted by atomic mass is 19.4. The normalized spacial score (nSPS) is 13.2. The molecule has 0 aromatic carbocycles. The fourth-order valence-corrected chi connectivity index (χ4v) is 1.41. The second kappa shape index (κ2) is 5.24. The summed E-state index contributed by atoms with van der Waals surface area (Å²) in [6.07, 6.45) is -3.45. The van der Waals surface area contributed by atoms with E-state index in [1.807, 2.05) is 0 Å². The third-order valence-electron chi connectivity index (χ3n) is 2.44. The van der Waals surface area contributed by atoms with Gasteiger partial charge in [-0.2, -0.15) is 13.2 Å².